The van der Waals surface area contributed by atoms with E-state index in [-0.39, 0.29) is 0 Å². The van der Waals surface area contributed by atoms with Gasteiger partial charge in [-0.1, -0.05) is 0 Å². The molecule has 3 heterocycles. The lowest BCUT2D eigenvalue weighted by Gasteiger charge is -2.31. The van der Waals surface area contributed by atoms with Crippen molar-refractivity contribution in [1.29, 1.82) is 0 Å². The van der Waals surface area contributed by atoms with Gasteiger partial charge in [-0.05, 0) is 56.0 Å². The molecule has 1 aromatic carbocycles. The number of aromatic amines is 1. The van der Waals surface area contributed by atoms with E-state index in [1.807, 2.05) is 25.3 Å². The topological polar surface area (TPSA) is 80.1 Å². The zero-order valence-electron chi connectivity index (χ0n) is 15.4. The highest BCUT2D eigenvalue weighted by Crippen LogP contribution is 2.40. The van der Waals surface area contributed by atoms with E-state index in [0.29, 0.717) is 5.95 Å². The van der Waals surface area contributed by atoms with Gasteiger partial charge in [0.25, 0.3) is 0 Å². The van der Waals surface area contributed by atoms with Crippen molar-refractivity contribution in [3.8, 4) is 28.3 Å². The fourth-order valence-electron chi connectivity index (χ4n) is 3.73. The minimum Gasteiger partial charge on any atom is -0.490 e. The number of nitrogens with zero attached hydrogens (tertiary/aromatic N) is 3. The molecule has 1 aliphatic heterocycles. The number of anilines is 2. The van der Waals surface area contributed by atoms with Crippen molar-refractivity contribution in [2.45, 2.75) is 19.8 Å². The quantitative estimate of drug-likeness (QED) is 0.742. The second-order valence-corrected chi connectivity index (χ2v) is 7.45. The van der Waals surface area contributed by atoms with Crippen molar-refractivity contribution in [2.24, 2.45) is 5.92 Å². The van der Waals surface area contributed by atoms with Gasteiger partial charge in [0, 0.05) is 29.6 Å². The van der Waals surface area contributed by atoms with Gasteiger partial charge in [0.15, 0.2) is 5.95 Å². The summed E-state index contributed by atoms with van der Waals surface area (Å²) in [5.74, 6) is 2.20. The molecule has 0 bridgehead atoms. The van der Waals surface area contributed by atoms with Crippen molar-refractivity contribution in [3.05, 3.63) is 42.2 Å². The minimum atomic E-state index is 0.415. The van der Waals surface area contributed by atoms with Gasteiger partial charge in [-0.2, -0.15) is 0 Å². The molecule has 2 aromatic heterocycles. The van der Waals surface area contributed by atoms with Crippen LogP contribution < -0.4 is 15.4 Å². The molecule has 27 heavy (non-hydrogen) atoms. The molecule has 2 aliphatic rings. The third-order valence-corrected chi connectivity index (χ3v) is 5.27. The third-order valence-electron chi connectivity index (χ3n) is 5.27. The molecule has 0 atom stereocenters. The standard InChI is InChI=1S/C21H23N5O/c1-13-10-16(6-7-23-13)20-19(24-21(22)25-20)15-4-5-18-17(11-15)26(8-9-27-18)12-14-2-3-14/h4-7,10-11,14H,2-3,8-9,12H2,1H3,(H3,22,24,25). The zero-order valence-corrected chi connectivity index (χ0v) is 15.4. The monoisotopic (exact) mass is 361 g/mol. The van der Waals surface area contributed by atoms with E-state index in [0.717, 1.165) is 65.3 Å². The Morgan fingerprint density at radius 3 is 2.93 bits per heavy atom. The SMILES string of the molecule is Cc1cc(-c2[nH]c(N)nc2-c2ccc3c(c2)N(CC2CC2)CCO3)ccn1. The molecule has 0 saturated heterocycles. The van der Waals surface area contributed by atoms with E-state index in [2.05, 4.69) is 38.1 Å². The molecule has 138 valence electrons. The van der Waals surface area contributed by atoms with Crippen LogP contribution in [0, 0.1) is 12.8 Å². The fraction of sp³-hybridized carbons (Fsp3) is 0.333. The fourth-order valence-corrected chi connectivity index (χ4v) is 3.73. The highest BCUT2D eigenvalue weighted by Gasteiger charge is 2.28. The van der Waals surface area contributed by atoms with E-state index < -0.39 is 0 Å². The van der Waals surface area contributed by atoms with Crippen LogP contribution in [-0.2, 0) is 0 Å². The Bertz CT molecular complexity index is 992. The molecule has 0 amide bonds. The number of benzene rings is 1. The Hall–Kier alpha value is -3.02. The minimum absolute atomic E-state index is 0.415. The number of H-pyrrole nitrogens is 1. The number of nitrogens with two attached hydrogens (primary N) is 1. The predicted octanol–water partition coefficient (Wildman–Crippen LogP) is 3.64. The van der Waals surface area contributed by atoms with Crippen LogP contribution in [0.5, 0.6) is 5.75 Å². The number of imidazole rings is 1. The van der Waals surface area contributed by atoms with Crippen molar-refractivity contribution in [1.82, 2.24) is 15.0 Å². The first-order valence-corrected chi connectivity index (χ1v) is 9.48. The summed E-state index contributed by atoms with van der Waals surface area (Å²) < 4.78 is 5.88. The van der Waals surface area contributed by atoms with Crippen LogP contribution in [0.1, 0.15) is 18.5 Å². The number of nitrogens with one attached hydrogen (secondary N) is 1. The Morgan fingerprint density at radius 1 is 1.22 bits per heavy atom. The maximum atomic E-state index is 6.01. The summed E-state index contributed by atoms with van der Waals surface area (Å²) in [5.41, 5.74) is 12.0. The van der Waals surface area contributed by atoms with Crippen molar-refractivity contribution < 1.29 is 4.74 Å². The maximum Gasteiger partial charge on any atom is 0.198 e. The Labute approximate surface area is 158 Å². The van der Waals surface area contributed by atoms with E-state index in [4.69, 9.17) is 10.5 Å². The van der Waals surface area contributed by atoms with Crippen LogP contribution in [0.4, 0.5) is 11.6 Å². The number of nitrogen functional groups attached to an aromatic ring is 1. The molecule has 1 fully saturated rings. The first-order valence-electron chi connectivity index (χ1n) is 9.48. The van der Waals surface area contributed by atoms with E-state index in [1.165, 1.54) is 12.8 Å². The largest absolute Gasteiger partial charge is 0.490 e. The number of hydrogen-bond donors (Lipinski definition) is 2. The van der Waals surface area contributed by atoms with Crippen LogP contribution in [-0.4, -0.2) is 34.6 Å². The number of aromatic nitrogens is 3. The molecule has 3 aromatic rings. The summed E-state index contributed by atoms with van der Waals surface area (Å²) in [7, 11) is 0. The van der Waals surface area contributed by atoms with Crippen LogP contribution in [0.25, 0.3) is 22.5 Å². The van der Waals surface area contributed by atoms with E-state index >= 15 is 0 Å². The number of pyridine rings is 1. The number of aryl methyl sites for hydroxylation is 1. The lowest BCUT2D eigenvalue weighted by molar-refractivity contribution is 0.306. The highest BCUT2D eigenvalue weighted by molar-refractivity contribution is 5.82. The molecule has 5 rings (SSSR count). The molecule has 6 heteroatoms. The molecular formula is C21H23N5O. The molecule has 1 aliphatic carbocycles. The van der Waals surface area contributed by atoms with Gasteiger partial charge < -0.3 is 20.4 Å². The molecule has 0 unspecified atom stereocenters. The van der Waals surface area contributed by atoms with Gasteiger partial charge in [-0.15, -0.1) is 0 Å². The molecule has 1 saturated carbocycles. The average Bonchev–Trinajstić information content (AvgIpc) is 3.40. The van der Waals surface area contributed by atoms with E-state index in [9.17, 15) is 0 Å². The predicted molar refractivity (Wildman–Crippen MR) is 107 cm³/mol. The lowest BCUT2D eigenvalue weighted by Crippen LogP contribution is -2.34. The Morgan fingerprint density at radius 2 is 2.11 bits per heavy atom. The summed E-state index contributed by atoms with van der Waals surface area (Å²) in [6.07, 6.45) is 4.49. The third kappa shape index (κ3) is 3.12. The van der Waals surface area contributed by atoms with Gasteiger partial charge in [0.1, 0.15) is 12.4 Å². The summed E-state index contributed by atoms with van der Waals surface area (Å²) >= 11 is 0. The summed E-state index contributed by atoms with van der Waals surface area (Å²) in [6.45, 7) is 4.77. The summed E-state index contributed by atoms with van der Waals surface area (Å²) in [4.78, 5) is 14.5. The first kappa shape index (κ1) is 16.2. The Kier molecular flexibility index (Phi) is 3.77. The highest BCUT2D eigenvalue weighted by atomic mass is 16.5. The smallest absolute Gasteiger partial charge is 0.198 e. The summed E-state index contributed by atoms with van der Waals surface area (Å²) in [6, 6.07) is 10.3. The zero-order chi connectivity index (χ0) is 18.4. The van der Waals surface area contributed by atoms with Crippen LogP contribution in [0.2, 0.25) is 0 Å². The van der Waals surface area contributed by atoms with Crippen molar-refractivity contribution in [3.63, 3.8) is 0 Å². The molecule has 0 spiro atoms. The maximum absolute atomic E-state index is 6.01. The van der Waals surface area contributed by atoms with Crippen molar-refractivity contribution in [2.75, 3.05) is 30.3 Å². The molecule has 0 radical (unpaired) electrons. The lowest BCUT2D eigenvalue weighted by atomic mass is 10.0. The van der Waals surface area contributed by atoms with Crippen LogP contribution in [0.3, 0.4) is 0 Å². The second-order valence-electron chi connectivity index (χ2n) is 7.45. The number of hydrogen-bond acceptors (Lipinski definition) is 5. The van der Waals surface area contributed by atoms with Gasteiger partial charge in [0.2, 0.25) is 0 Å². The van der Waals surface area contributed by atoms with Gasteiger partial charge in [-0.25, -0.2) is 4.98 Å². The normalized spacial score (nSPS) is 16.1. The average molecular weight is 361 g/mol. The number of fused-ring (bicyclic) bond motifs is 1. The molecule has 3 N–H and O–H groups in total. The number of rotatable bonds is 4. The molecular weight excluding hydrogens is 338 g/mol. The number of ether oxygens (including phenoxy) is 1. The summed E-state index contributed by atoms with van der Waals surface area (Å²) in [5, 5.41) is 0. The second kappa shape index (κ2) is 6.30. The van der Waals surface area contributed by atoms with Gasteiger partial charge >= 0.3 is 0 Å². The Balaban J connectivity index is 1.57. The van der Waals surface area contributed by atoms with E-state index in [1.54, 1.807) is 0 Å². The first-order chi connectivity index (χ1) is 13.2. The van der Waals surface area contributed by atoms with Crippen LogP contribution in [0.15, 0.2) is 36.5 Å². The van der Waals surface area contributed by atoms with Gasteiger partial charge in [0.05, 0.1) is 23.6 Å². The molecule has 6 nitrogen and oxygen atoms in total. The van der Waals surface area contributed by atoms with Crippen LogP contribution >= 0.6 is 0 Å². The van der Waals surface area contributed by atoms with Crippen molar-refractivity contribution >= 4 is 11.6 Å². The van der Waals surface area contributed by atoms with Gasteiger partial charge in [-0.3, -0.25) is 4.98 Å².